The van der Waals surface area contributed by atoms with Crippen LogP contribution in [0.2, 0.25) is 0 Å². The van der Waals surface area contributed by atoms with Crippen molar-refractivity contribution < 1.29 is 14.3 Å². The predicted octanol–water partition coefficient (Wildman–Crippen LogP) is 3.94. The number of fused-ring (bicyclic) bond motifs is 1. The van der Waals surface area contributed by atoms with Crippen LogP contribution in [0.4, 0.5) is 0 Å². The molecule has 0 spiro atoms. The summed E-state index contributed by atoms with van der Waals surface area (Å²) in [5, 5.41) is 3.63. The second kappa shape index (κ2) is 11.9. The third-order valence-electron chi connectivity index (χ3n) is 4.92. The molecule has 3 rings (SSSR count). The number of para-hydroxylation sites is 2. The summed E-state index contributed by atoms with van der Waals surface area (Å²) in [6.45, 7) is 2.82. The maximum absolute atomic E-state index is 12.6. The Morgan fingerprint density at radius 2 is 1.75 bits per heavy atom. The van der Waals surface area contributed by atoms with E-state index in [1.165, 1.54) is 0 Å². The fourth-order valence-corrected chi connectivity index (χ4v) is 3.44. The summed E-state index contributed by atoms with van der Waals surface area (Å²) in [7, 11) is 0. The average Bonchev–Trinajstić information content (AvgIpc) is 3.20. The fourth-order valence-electron chi connectivity index (χ4n) is 3.29. The van der Waals surface area contributed by atoms with Crippen LogP contribution in [0.15, 0.2) is 60.8 Å². The number of nitrogens with one attached hydrogen (secondary N) is 3. The quantitative estimate of drug-likeness (QED) is 0.260. The molecule has 0 unspecified atom stereocenters. The number of ether oxygens (including phenoxy) is 1. The van der Waals surface area contributed by atoms with Crippen LogP contribution in [0.25, 0.3) is 10.9 Å². The molecule has 0 aliphatic heterocycles. The number of rotatable bonds is 9. The van der Waals surface area contributed by atoms with Crippen LogP contribution in [-0.2, 0) is 11.3 Å². The first-order chi connectivity index (χ1) is 15.6. The summed E-state index contributed by atoms with van der Waals surface area (Å²) in [6.07, 6.45) is 6.20. The fraction of sp³-hybridized carbons (Fsp3) is 0.292. The van der Waals surface area contributed by atoms with Gasteiger partial charge in [0.1, 0.15) is 12.3 Å². The van der Waals surface area contributed by atoms with Gasteiger partial charge in [-0.15, -0.1) is 0 Å². The summed E-state index contributed by atoms with van der Waals surface area (Å²) >= 11 is 5.15. The Kier molecular flexibility index (Phi) is 8.62. The van der Waals surface area contributed by atoms with E-state index < -0.39 is 5.91 Å². The number of carbonyl (C=O) groups excluding carboxylic acids is 2. The maximum atomic E-state index is 12.6. The van der Waals surface area contributed by atoms with Crippen LogP contribution in [0.1, 0.15) is 43.0 Å². The molecule has 0 bridgehead atoms. The monoisotopic (exact) mass is 452 g/mol. The van der Waals surface area contributed by atoms with Gasteiger partial charge in [-0.2, -0.15) is 0 Å². The zero-order chi connectivity index (χ0) is 22.8. The van der Waals surface area contributed by atoms with Gasteiger partial charge < -0.3 is 9.30 Å². The Bertz CT molecular complexity index is 1080. The number of unbranched alkanes of at least 4 members (excludes halogenated alkanes) is 3. The number of hydrazine groups is 1. The van der Waals surface area contributed by atoms with Crippen molar-refractivity contribution in [2.75, 3.05) is 6.61 Å². The lowest BCUT2D eigenvalue weighted by Crippen LogP contribution is -2.49. The zero-order valence-electron chi connectivity index (χ0n) is 18.1. The number of nitrogens with zero attached hydrogens (tertiary/aromatic N) is 1. The number of amides is 2. The lowest BCUT2D eigenvalue weighted by Gasteiger charge is -2.14. The highest BCUT2D eigenvalue weighted by Crippen LogP contribution is 2.18. The highest BCUT2D eigenvalue weighted by atomic mass is 32.1. The van der Waals surface area contributed by atoms with E-state index >= 15 is 0 Å². The molecular formula is C24H28N4O3S. The van der Waals surface area contributed by atoms with E-state index in [2.05, 4.69) is 23.1 Å². The molecule has 0 saturated carbocycles. The van der Waals surface area contributed by atoms with Crippen LogP contribution >= 0.6 is 12.2 Å². The van der Waals surface area contributed by atoms with Gasteiger partial charge in [-0.05, 0) is 48.3 Å². The molecule has 7 nitrogen and oxygen atoms in total. The van der Waals surface area contributed by atoms with Crippen LogP contribution in [-0.4, -0.2) is 28.1 Å². The summed E-state index contributed by atoms with van der Waals surface area (Å²) < 4.78 is 7.62. The lowest BCUT2D eigenvalue weighted by molar-refractivity contribution is -0.122. The molecule has 0 aliphatic carbocycles. The number of benzene rings is 2. The second-order valence-electron chi connectivity index (χ2n) is 7.36. The van der Waals surface area contributed by atoms with Crippen molar-refractivity contribution in [3.63, 3.8) is 0 Å². The maximum Gasteiger partial charge on any atom is 0.261 e. The van der Waals surface area contributed by atoms with E-state index in [9.17, 15) is 9.59 Å². The van der Waals surface area contributed by atoms with Crippen LogP contribution in [0.3, 0.4) is 0 Å². The Morgan fingerprint density at radius 3 is 2.59 bits per heavy atom. The van der Waals surface area contributed by atoms with Crippen molar-refractivity contribution in [3.8, 4) is 5.75 Å². The number of thiocarbonyl (C=S) groups is 1. The molecule has 8 heteroatoms. The highest BCUT2D eigenvalue weighted by molar-refractivity contribution is 7.80. The van der Waals surface area contributed by atoms with Gasteiger partial charge in [0.15, 0.2) is 5.11 Å². The van der Waals surface area contributed by atoms with E-state index in [-0.39, 0.29) is 17.6 Å². The van der Waals surface area contributed by atoms with Gasteiger partial charge >= 0.3 is 0 Å². The number of aromatic nitrogens is 1. The lowest BCUT2D eigenvalue weighted by atomic mass is 10.2. The predicted molar refractivity (Wildman–Crippen MR) is 129 cm³/mol. The van der Waals surface area contributed by atoms with Gasteiger partial charge in [-0.1, -0.05) is 56.5 Å². The number of hydrogen-bond acceptors (Lipinski definition) is 4. The first-order valence-corrected chi connectivity index (χ1v) is 11.1. The van der Waals surface area contributed by atoms with E-state index in [0.29, 0.717) is 17.9 Å². The minimum atomic E-state index is -0.405. The van der Waals surface area contributed by atoms with Gasteiger partial charge in [-0.25, -0.2) is 0 Å². The summed E-state index contributed by atoms with van der Waals surface area (Å²) in [6, 6.07) is 16.8. The van der Waals surface area contributed by atoms with E-state index in [1.807, 2.05) is 47.2 Å². The van der Waals surface area contributed by atoms with E-state index in [0.717, 1.165) is 36.6 Å². The molecule has 1 heterocycles. The molecule has 2 aromatic carbocycles. The molecule has 0 fully saturated rings. The third kappa shape index (κ3) is 6.55. The average molecular weight is 453 g/mol. The van der Waals surface area contributed by atoms with E-state index in [4.69, 9.17) is 17.0 Å². The van der Waals surface area contributed by atoms with Crippen LogP contribution < -0.4 is 20.9 Å². The van der Waals surface area contributed by atoms with Crippen molar-refractivity contribution in [1.29, 1.82) is 0 Å². The molecule has 0 aliphatic rings. The molecule has 0 atom stereocenters. The van der Waals surface area contributed by atoms with Gasteiger partial charge in [0.2, 0.25) is 0 Å². The Hall–Kier alpha value is -3.39. The zero-order valence-corrected chi connectivity index (χ0v) is 18.9. The molecule has 0 radical (unpaired) electrons. The molecule has 3 N–H and O–H groups in total. The normalized spacial score (nSPS) is 10.5. The standard InChI is InChI=1S/C24H28N4O3S/c1-2-3-4-9-16-31-21-13-8-6-11-19(21)23(30)25-24(32)27-26-22(29)17-28-15-14-18-10-5-7-12-20(18)28/h5-8,10-15H,2-4,9,16-17H2,1H3,(H,26,29)(H2,25,27,30,32). The molecule has 2 amide bonds. The minimum absolute atomic E-state index is 0.00142. The van der Waals surface area contributed by atoms with Gasteiger partial charge in [-0.3, -0.25) is 25.8 Å². The summed E-state index contributed by atoms with van der Waals surface area (Å²) in [5.41, 5.74) is 6.44. The number of carbonyl (C=O) groups is 2. The first kappa shape index (κ1) is 23.3. The topological polar surface area (TPSA) is 84.4 Å². The first-order valence-electron chi connectivity index (χ1n) is 10.7. The van der Waals surface area contributed by atoms with Gasteiger partial charge in [0.25, 0.3) is 11.8 Å². The van der Waals surface area contributed by atoms with Crippen molar-refractivity contribution in [3.05, 3.63) is 66.4 Å². The summed E-state index contributed by atoms with van der Waals surface area (Å²) in [4.78, 5) is 24.9. The van der Waals surface area contributed by atoms with Crippen molar-refractivity contribution in [1.82, 2.24) is 20.7 Å². The van der Waals surface area contributed by atoms with Crippen molar-refractivity contribution in [2.45, 2.75) is 39.2 Å². The molecule has 3 aromatic rings. The molecule has 32 heavy (non-hydrogen) atoms. The largest absolute Gasteiger partial charge is 0.493 e. The Balaban J connectivity index is 1.47. The van der Waals surface area contributed by atoms with Crippen molar-refractivity contribution >= 4 is 40.0 Å². The van der Waals surface area contributed by atoms with Crippen LogP contribution in [0, 0.1) is 0 Å². The highest BCUT2D eigenvalue weighted by Gasteiger charge is 2.14. The third-order valence-corrected chi connectivity index (χ3v) is 5.13. The Morgan fingerprint density at radius 1 is 0.969 bits per heavy atom. The van der Waals surface area contributed by atoms with E-state index in [1.54, 1.807) is 18.2 Å². The van der Waals surface area contributed by atoms with Crippen LogP contribution in [0.5, 0.6) is 5.75 Å². The number of hydrogen-bond donors (Lipinski definition) is 3. The van der Waals surface area contributed by atoms with Gasteiger partial charge in [0.05, 0.1) is 12.2 Å². The molecule has 168 valence electrons. The smallest absolute Gasteiger partial charge is 0.261 e. The SMILES string of the molecule is CCCCCCOc1ccccc1C(=O)NC(=S)NNC(=O)Cn1ccc2ccccc21. The van der Waals surface area contributed by atoms with Gasteiger partial charge in [0, 0.05) is 11.7 Å². The van der Waals surface area contributed by atoms with Crippen molar-refractivity contribution in [2.24, 2.45) is 0 Å². The molecular weight excluding hydrogens is 424 g/mol. The minimum Gasteiger partial charge on any atom is -0.493 e. The summed E-state index contributed by atoms with van der Waals surface area (Å²) in [5.74, 6) is -0.191. The second-order valence-corrected chi connectivity index (χ2v) is 7.77. The molecule has 0 saturated heterocycles. The molecule has 1 aromatic heterocycles. The Labute approximate surface area is 193 Å².